The summed E-state index contributed by atoms with van der Waals surface area (Å²) in [6.45, 7) is 1.49. The molecule has 1 amide bonds. The molecule has 0 spiro atoms. The second-order valence-electron chi connectivity index (χ2n) is 3.39. The van der Waals surface area contributed by atoms with Crippen LogP contribution in [0.3, 0.4) is 0 Å². The van der Waals surface area contributed by atoms with Gasteiger partial charge in [0, 0.05) is 26.5 Å². The number of carbonyl (C=O) groups is 1. The maximum atomic E-state index is 11.1. The summed E-state index contributed by atoms with van der Waals surface area (Å²) in [5, 5.41) is 3.09. The Bertz CT molecular complexity index is 342. The molecule has 1 heterocycles. The van der Waals surface area contributed by atoms with Crippen molar-refractivity contribution in [2.24, 2.45) is 5.73 Å². The average Bonchev–Trinajstić information content (AvgIpc) is 2.29. The number of unbranched alkanes of at least 4 members (excludes halogenated alkanes) is 1. The zero-order valence-corrected chi connectivity index (χ0v) is 9.40. The van der Waals surface area contributed by atoms with Crippen molar-refractivity contribution in [2.75, 3.05) is 25.6 Å². The van der Waals surface area contributed by atoms with E-state index in [4.69, 9.17) is 10.5 Å². The standard InChI is InChI=1S/C11H17N3O2/c1-16-8-3-2-6-13-11-9(10(12)15)5-4-7-14-11/h4-5,7H,2-3,6,8H2,1H3,(H2,12,15)(H,13,14). The first-order chi connectivity index (χ1) is 7.75. The van der Waals surface area contributed by atoms with Gasteiger partial charge in [0.25, 0.3) is 5.91 Å². The lowest BCUT2D eigenvalue weighted by molar-refractivity contribution is 0.100. The third-order valence-corrected chi connectivity index (χ3v) is 2.14. The smallest absolute Gasteiger partial charge is 0.252 e. The number of aromatic nitrogens is 1. The summed E-state index contributed by atoms with van der Waals surface area (Å²) in [5.41, 5.74) is 5.65. The average molecular weight is 223 g/mol. The predicted octanol–water partition coefficient (Wildman–Crippen LogP) is 1.02. The van der Waals surface area contributed by atoms with Crippen LogP contribution in [0.25, 0.3) is 0 Å². The molecule has 0 saturated heterocycles. The number of anilines is 1. The number of hydrogen-bond donors (Lipinski definition) is 2. The van der Waals surface area contributed by atoms with Crippen molar-refractivity contribution in [1.82, 2.24) is 4.98 Å². The van der Waals surface area contributed by atoms with Crippen molar-refractivity contribution < 1.29 is 9.53 Å². The lowest BCUT2D eigenvalue weighted by Crippen LogP contribution is -2.16. The van der Waals surface area contributed by atoms with Gasteiger partial charge in [-0.2, -0.15) is 0 Å². The van der Waals surface area contributed by atoms with Crippen LogP contribution in [0, 0.1) is 0 Å². The normalized spacial score (nSPS) is 10.1. The fourth-order valence-electron chi connectivity index (χ4n) is 1.32. The number of methoxy groups -OCH3 is 1. The van der Waals surface area contributed by atoms with Crippen LogP contribution in [0.1, 0.15) is 23.2 Å². The van der Waals surface area contributed by atoms with Crippen molar-refractivity contribution in [3.05, 3.63) is 23.9 Å². The number of nitrogens with two attached hydrogens (primary N) is 1. The number of nitrogens with zero attached hydrogens (tertiary/aromatic N) is 1. The summed E-state index contributed by atoms with van der Waals surface area (Å²) >= 11 is 0. The first-order valence-corrected chi connectivity index (χ1v) is 5.23. The highest BCUT2D eigenvalue weighted by Crippen LogP contribution is 2.10. The minimum absolute atomic E-state index is 0.425. The Hall–Kier alpha value is -1.62. The van der Waals surface area contributed by atoms with Crippen molar-refractivity contribution in [3.8, 4) is 0 Å². The molecule has 0 saturated carbocycles. The maximum absolute atomic E-state index is 11.1. The molecule has 0 aliphatic rings. The monoisotopic (exact) mass is 223 g/mol. The van der Waals surface area contributed by atoms with Gasteiger partial charge in [-0.3, -0.25) is 4.79 Å². The predicted molar refractivity (Wildman–Crippen MR) is 62.4 cm³/mol. The quantitative estimate of drug-likeness (QED) is 0.676. The maximum Gasteiger partial charge on any atom is 0.252 e. The molecular formula is C11H17N3O2. The number of hydrogen-bond acceptors (Lipinski definition) is 4. The fraction of sp³-hybridized carbons (Fsp3) is 0.455. The number of ether oxygens (including phenoxy) is 1. The molecular weight excluding hydrogens is 206 g/mol. The van der Waals surface area contributed by atoms with E-state index in [0.717, 1.165) is 26.0 Å². The minimum Gasteiger partial charge on any atom is -0.385 e. The fourth-order valence-corrected chi connectivity index (χ4v) is 1.32. The Labute approximate surface area is 95.0 Å². The van der Waals surface area contributed by atoms with Crippen LogP contribution in [0.4, 0.5) is 5.82 Å². The van der Waals surface area contributed by atoms with Crippen LogP contribution in [-0.2, 0) is 4.74 Å². The van der Waals surface area contributed by atoms with E-state index in [1.807, 2.05) is 0 Å². The summed E-state index contributed by atoms with van der Waals surface area (Å²) in [6.07, 6.45) is 3.56. The molecule has 0 aliphatic heterocycles. The molecule has 0 fully saturated rings. The second kappa shape index (κ2) is 6.79. The Morgan fingerprint density at radius 1 is 1.56 bits per heavy atom. The van der Waals surface area contributed by atoms with Crippen molar-refractivity contribution in [2.45, 2.75) is 12.8 Å². The van der Waals surface area contributed by atoms with Crippen LogP contribution in [0.15, 0.2) is 18.3 Å². The number of primary amides is 1. The third kappa shape index (κ3) is 3.86. The highest BCUT2D eigenvalue weighted by atomic mass is 16.5. The van der Waals surface area contributed by atoms with Gasteiger partial charge in [-0.05, 0) is 25.0 Å². The number of rotatable bonds is 7. The van der Waals surface area contributed by atoms with Crippen LogP contribution >= 0.6 is 0 Å². The second-order valence-corrected chi connectivity index (χ2v) is 3.39. The van der Waals surface area contributed by atoms with E-state index in [2.05, 4.69) is 10.3 Å². The zero-order chi connectivity index (χ0) is 11.8. The lowest BCUT2D eigenvalue weighted by Gasteiger charge is -2.08. The van der Waals surface area contributed by atoms with Gasteiger partial charge >= 0.3 is 0 Å². The molecule has 1 rings (SSSR count). The van der Waals surface area contributed by atoms with E-state index in [-0.39, 0.29) is 0 Å². The summed E-state index contributed by atoms with van der Waals surface area (Å²) in [6, 6.07) is 3.35. The van der Waals surface area contributed by atoms with Gasteiger partial charge in [-0.25, -0.2) is 4.98 Å². The minimum atomic E-state index is -0.465. The summed E-state index contributed by atoms with van der Waals surface area (Å²) < 4.78 is 4.94. The van der Waals surface area contributed by atoms with Crippen molar-refractivity contribution >= 4 is 11.7 Å². The van der Waals surface area contributed by atoms with Crippen LogP contribution in [0.2, 0.25) is 0 Å². The third-order valence-electron chi connectivity index (χ3n) is 2.14. The Balaban J connectivity index is 2.44. The van der Waals surface area contributed by atoms with E-state index in [9.17, 15) is 4.79 Å². The number of nitrogens with one attached hydrogen (secondary N) is 1. The Morgan fingerprint density at radius 2 is 2.38 bits per heavy atom. The SMILES string of the molecule is COCCCCNc1ncccc1C(N)=O. The van der Waals surface area contributed by atoms with Crippen LogP contribution in [0.5, 0.6) is 0 Å². The van der Waals surface area contributed by atoms with Crippen LogP contribution < -0.4 is 11.1 Å². The molecule has 0 aliphatic carbocycles. The molecule has 0 unspecified atom stereocenters. The van der Waals surface area contributed by atoms with E-state index < -0.39 is 5.91 Å². The molecule has 0 atom stereocenters. The van der Waals surface area contributed by atoms with Gasteiger partial charge < -0.3 is 15.8 Å². The van der Waals surface area contributed by atoms with Gasteiger partial charge in [-0.1, -0.05) is 0 Å². The molecule has 88 valence electrons. The number of pyridine rings is 1. The topological polar surface area (TPSA) is 77.2 Å². The molecule has 0 radical (unpaired) electrons. The van der Waals surface area contributed by atoms with E-state index >= 15 is 0 Å². The van der Waals surface area contributed by atoms with Gasteiger partial charge in [0.1, 0.15) is 5.82 Å². The first-order valence-electron chi connectivity index (χ1n) is 5.23. The molecule has 16 heavy (non-hydrogen) atoms. The molecule has 1 aromatic heterocycles. The van der Waals surface area contributed by atoms with Gasteiger partial charge in [0.15, 0.2) is 0 Å². The number of carbonyl (C=O) groups excluding carboxylic acids is 1. The first kappa shape index (κ1) is 12.4. The van der Waals surface area contributed by atoms with Crippen LogP contribution in [-0.4, -0.2) is 31.2 Å². The highest BCUT2D eigenvalue weighted by Gasteiger charge is 2.07. The lowest BCUT2D eigenvalue weighted by atomic mass is 10.2. The molecule has 3 N–H and O–H groups in total. The Morgan fingerprint density at radius 3 is 3.06 bits per heavy atom. The summed E-state index contributed by atoms with van der Waals surface area (Å²) in [5.74, 6) is 0.0832. The van der Waals surface area contributed by atoms with E-state index in [1.54, 1.807) is 25.4 Å². The Kier molecular flexibility index (Phi) is 5.28. The molecule has 5 nitrogen and oxygen atoms in total. The van der Waals surface area contributed by atoms with E-state index in [0.29, 0.717) is 11.4 Å². The molecule has 1 aromatic rings. The van der Waals surface area contributed by atoms with Crippen molar-refractivity contribution in [3.63, 3.8) is 0 Å². The molecule has 5 heteroatoms. The number of amides is 1. The summed E-state index contributed by atoms with van der Waals surface area (Å²) in [7, 11) is 1.68. The highest BCUT2D eigenvalue weighted by molar-refractivity contribution is 5.97. The van der Waals surface area contributed by atoms with Gasteiger partial charge in [-0.15, -0.1) is 0 Å². The van der Waals surface area contributed by atoms with E-state index in [1.165, 1.54) is 0 Å². The molecule has 0 bridgehead atoms. The zero-order valence-electron chi connectivity index (χ0n) is 9.40. The molecule has 0 aromatic carbocycles. The summed E-state index contributed by atoms with van der Waals surface area (Å²) in [4.78, 5) is 15.2. The van der Waals surface area contributed by atoms with Gasteiger partial charge in [0.2, 0.25) is 0 Å². The van der Waals surface area contributed by atoms with Crippen molar-refractivity contribution in [1.29, 1.82) is 0 Å². The van der Waals surface area contributed by atoms with Gasteiger partial charge in [0.05, 0.1) is 5.56 Å². The largest absolute Gasteiger partial charge is 0.385 e.